The molecule has 0 aliphatic carbocycles. The molecule has 0 unspecified atom stereocenters. The van der Waals surface area contributed by atoms with Crippen molar-refractivity contribution >= 4 is 22.3 Å². The lowest BCUT2D eigenvalue weighted by atomic mass is 10.1. The first-order chi connectivity index (χ1) is 6.27. The van der Waals surface area contributed by atoms with E-state index in [1.54, 1.807) is 18.2 Å². The molecule has 0 fully saturated rings. The molecular weight excluding hydrogens is 180 g/mol. The summed E-state index contributed by atoms with van der Waals surface area (Å²) in [6, 6.07) is 7.18. The largest absolute Gasteiger partial charge is 0.467 e. The fourth-order valence-corrected chi connectivity index (χ4v) is 1.23. The molecule has 0 heterocycles. The number of carbonyl (C=O) groups is 1. The van der Waals surface area contributed by atoms with Crippen molar-refractivity contribution < 1.29 is 9.53 Å². The van der Waals surface area contributed by atoms with Gasteiger partial charge in [0, 0.05) is 0 Å². The second-order valence-corrected chi connectivity index (χ2v) is 3.12. The maximum absolute atomic E-state index is 11.2. The van der Waals surface area contributed by atoms with Gasteiger partial charge in [-0.05, 0) is 17.7 Å². The summed E-state index contributed by atoms with van der Waals surface area (Å²) in [7, 11) is 0.878. The zero-order valence-electron chi connectivity index (χ0n) is 7.62. The van der Waals surface area contributed by atoms with Crippen LogP contribution >= 0.6 is 0 Å². The highest BCUT2D eigenvalue weighted by molar-refractivity contribution is 6.09. The van der Waals surface area contributed by atoms with Crippen molar-refractivity contribution in [3.8, 4) is 0 Å². The minimum atomic E-state index is -0.245. The minimum absolute atomic E-state index is 0.245. The van der Waals surface area contributed by atoms with Crippen molar-refractivity contribution in [2.75, 3.05) is 6.23 Å². The lowest BCUT2D eigenvalue weighted by Gasteiger charge is -2.01. The Hall–Kier alpha value is -1.35. The van der Waals surface area contributed by atoms with E-state index in [2.05, 4.69) is 6.58 Å². The molecule has 2 nitrogen and oxygen atoms in total. The van der Waals surface area contributed by atoms with E-state index in [-0.39, 0.29) is 5.97 Å². The molecule has 0 atom stereocenters. The smallest absolute Gasteiger partial charge is 0.337 e. The second-order valence-electron chi connectivity index (χ2n) is 2.55. The van der Waals surface area contributed by atoms with Crippen molar-refractivity contribution in [3.05, 3.63) is 42.0 Å². The van der Waals surface area contributed by atoms with Gasteiger partial charge in [-0.3, -0.25) is 0 Å². The zero-order chi connectivity index (χ0) is 9.68. The number of hydrogen-bond donors (Lipinski definition) is 0. The van der Waals surface area contributed by atoms with Gasteiger partial charge in [-0.1, -0.05) is 24.8 Å². The van der Waals surface area contributed by atoms with Crippen LogP contribution < -0.4 is 0 Å². The van der Waals surface area contributed by atoms with Crippen molar-refractivity contribution in [2.24, 2.45) is 0 Å². The molecule has 13 heavy (non-hydrogen) atoms. The summed E-state index contributed by atoms with van der Waals surface area (Å²) in [5, 5.41) is 0. The maximum Gasteiger partial charge on any atom is 0.337 e. The lowest BCUT2D eigenvalue weighted by molar-refractivity contribution is 0.0573. The van der Waals surface area contributed by atoms with Crippen molar-refractivity contribution in [1.82, 2.24) is 0 Å². The Balaban J connectivity index is 2.79. The van der Waals surface area contributed by atoms with Crippen LogP contribution in [0.5, 0.6) is 0 Å². The van der Waals surface area contributed by atoms with Crippen LogP contribution in [0.15, 0.2) is 30.8 Å². The van der Waals surface area contributed by atoms with Crippen molar-refractivity contribution in [3.63, 3.8) is 0 Å². The van der Waals surface area contributed by atoms with Crippen molar-refractivity contribution in [2.45, 2.75) is 0 Å². The van der Waals surface area contributed by atoms with Crippen LogP contribution in [0.2, 0.25) is 0 Å². The third-order valence-electron chi connectivity index (χ3n) is 1.66. The molecule has 0 saturated heterocycles. The van der Waals surface area contributed by atoms with Gasteiger partial charge < -0.3 is 4.74 Å². The highest BCUT2D eigenvalue weighted by Crippen LogP contribution is 2.06. The predicted octanol–water partition coefficient (Wildman–Crippen LogP) is 0.809. The Morgan fingerprint density at radius 1 is 1.46 bits per heavy atom. The van der Waals surface area contributed by atoms with Crippen LogP contribution in [0.3, 0.4) is 0 Å². The zero-order valence-corrected chi connectivity index (χ0v) is 9.62. The van der Waals surface area contributed by atoms with E-state index in [1.807, 2.05) is 12.1 Å². The van der Waals surface area contributed by atoms with Gasteiger partial charge >= 0.3 is 5.97 Å². The molecule has 0 aliphatic heterocycles. The van der Waals surface area contributed by atoms with Gasteiger partial charge in [-0.15, -0.1) is 0 Å². The van der Waals surface area contributed by atoms with Gasteiger partial charge in [-0.25, -0.2) is 4.79 Å². The standard InChI is InChI=1S/C10H12O2Si/c1-2-8-3-5-9(6-4-8)10(11)12-7-13/h2-6H,1,7H2,13H3. The van der Waals surface area contributed by atoms with Gasteiger partial charge in [0.05, 0.1) is 22.0 Å². The van der Waals surface area contributed by atoms with Gasteiger partial charge in [-0.2, -0.15) is 0 Å². The summed E-state index contributed by atoms with van der Waals surface area (Å²) in [6.07, 6.45) is 2.28. The number of ether oxygens (including phenoxy) is 1. The minimum Gasteiger partial charge on any atom is -0.467 e. The molecule has 0 amide bonds. The molecule has 0 radical (unpaired) electrons. The summed E-state index contributed by atoms with van der Waals surface area (Å²) in [6.45, 7) is 3.63. The number of hydrogen-bond acceptors (Lipinski definition) is 2. The Morgan fingerprint density at radius 3 is 2.54 bits per heavy atom. The molecule has 68 valence electrons. The van der Waals surface area contributed by atoms with Gasteiger partial charge in [0.2, 0.25) is 0 Å². The quantitative estimate of drug-likeness (QED) is 0.523. The Morgan fingerprint density at radius 2 is 2.08 bits per heavy atom. The number of esters is 1. The van der Waals surface area contributed by atoms with E-state index >= 15 is 0 Å². The fourth-order valence-electron chi connectivity index (χ4n) is 0.970. The number of carbonyl (C=O) groups excluding carboxylic acids is 1. The third kappa shape index (κ3) is 2.56. The van der Waals surface area contributed by atoms with E-state index in [0.29, 0.717) is 11.8 Å². The SMILES string of the molecule is C=Cc1ccc(C(=O)OC[SiH3])cc1. The fraction of sp³-hybridized carbons (Fsp3) is 0.100. The number of rotatable bonds is 3. The van der Waals surface area contributed by atoms with Gasteiger partial charge in [0.15, 0.2) is 0 Å². The van der Waals surface area contributed by atoms with E-state index in [1.165, 1.54) is 0 Å². The van der Waals surface area contributed by atoms with E-state index in [0.717, 1.165) is 15.8 Å². The highest BCUT2D eigenvalue weighted by Gasteiger charge is 2.03. The van der Waals surface area contributed by atoms with Crippen LogP contribution in [0.25, 0.3) is 6.08 Å². The van der Waals surface area contributed by atoms with Crippen LogP contribution in [0, 0.1) is 0 Å². The molecule has 0 saturated carbocycles. The van der Waals surface area contributed by atoms with Crippen LogP contribution in [-0.4, -0.2) is 22.4 Å². The summed E-state index contributed by atoms with van der Waals surface area (Å²) in [5.74, 6) is -0.245. The summed E-state index contributed by atoms with van der Waals surface area (Å²) < 4.78 is 4.90. The first kappa shape index (κ1) is 9.73. The molecule has 0 aromatic heterocycles. The van der Waals surface area contributed by atoms with Crippen LogP contribution in [0.4, 0.5) is 0 Å². The van der Waals surface area contributed by atoms with E-state index in [4.69, 9.17) is 4.74 Å². The molecule has 3 heteroatoms. The molecule has 1 rings (SSSR count). The molecule has 1 aromatic rings. The van der Waals surface area contributed by atoms with Gasteiger partial charge in [0.25, 0.3) is 0 Å². The normalized spacial score (nSPS) is 9.54. The monoisotopic (exact) mass is 192 g/mol. The summed E-state index contributed by atoms with van der Waals surface area (Å²) in [5.41, 5.74) is 1.60. The van der Waals surface area contributed by atoms with Crippen LogP contribution in [0.1, 0.15) is 15.9 Å². The highest BCUT2D eigenvalue weighted by atomic mass is 28.1. The van der Waals surface area contributed by atoms with Crippen molar-refractivity contribution in [1.29, 1.82) is 0 Å². The van der Waals surface area contributed by atoms with E-state index < -0.39 is 0 Å². The summed E-state index contributed by atoms with van der Waals surface area (Å²) >= 11 is 0. The molecule has 0 aliphatic rings. The molecule has 0 bridgehead atoms. The molecule has 1 aromatic carbocycles. The molecular formula is C10H12O2Si. The number of benzene rings is 1. The predicted molar refractivity (Wildman–Crippen MR) is 56.8 cm³/mol. The topological polar surface area (TPSA) is 26.3 Å². The first-order valence-corrected chi connectivity index (χ1v) is 5.59. The first-order valence-electron chi connectivity index (χ1n) is 4.17. The average molecular weight is 192 g/mol. The Bertz CT molecular complexity index is 303. The molecule has 0 N–H and O–H groups in total. The molecule has 0 spiro atoms. The van der Waals surface area contributed by atoms with E-state index in [9.17, 15) is 4.79 Å². The summed E-state index contributed by atoms with van der Waals surface area (Å²) in [4.78, 5) is 11.2. The third-order valence-corrected chi connectivity index (χ3v) is 1.95. The lowest BCUT2D eigenvalue weighted by Crippen LogP contribution is -2.05. The Kier molecular flexibility index (Phi) is 3.46. The van der Waals surface area contributed by atoms with Crippen LogP contribution in [-0.2, 0) is 4.74 Å². The maximum atomic E-state index is 11.2. The van der Waals surface area contributed by atoms with Gasteiger partial charge in [0.1, 0.15) is 0 Å². The second kappa shape index (κ2) is 4.62. The Labute approximate surface area is 80.6 Å². The average Bonchev–Trinajstić information content (AvgIpc) is 2.18.